The summed E-state index contributed by atoms with van der Waals surface area (Å²) in [4.78, 5) is 0. The number of rotatable bonds is 6. The largest absolute Gasteiger partial charge is 0.665 e. The molecule has 0 heterocycles. The molecule has 0 aliphatic carbocycles. The Morgan fingerprint density at radius 3 is 2.47 bits per heavy atom. The van der Waals surface area contributed by atoms with Gasteiger partial charge in [-0.15, -0.1) is 6.54 Å². The third kappa shape index (κ3) is 10.1. The Hall–Kier alpha value is -0.190. The topological polar surface area (TPSA) is 40.6 Å². The van der Waals surface area contributed by atoms with Crippen LogP contribution in [0.2, 0.25) is 0 Å². The first kappa shape index (κ1) is 14.8. The molecule has 0 saturated carbocycles. The molecule has 1 aromatic rings. The van der Waals surface area contributed by atoms with Gasteiger partial charge < -0.3 is 5.32 Å². The monoisotopic (exact) mass is 373 g/mol. The molecule has 15 heavy (non-hydrogen) atoms. The van der Waals surface area contributed by atoms with Gasteiger partial charge in [0, 0.05) is 0 Å². The van der Waals surface area contributed by atoms with E-state index >= 15 is 0 Å². The summed E-state index contributed by atoms with van der Waals surface area (Å²) in [6.07, 6.45) is 1.09. The van der Waals surface area contributed by atoms with Crippen molar-refractivity contribution >= 4 is 0 Å². The van der Waals surface area contributed by atoms with Crippen LogP contribution in [-0.2, 0) is 27.3 Å². The van der Waals surface area contributed by atoms with E-state index in [0.29, 0.717) is 0 Å². The Bertz CT molecular complexity index is 222. The normalized spacial score (nSPS) is 9.13. The van der Waals surface area contributed by atoms with E-state index in [2.05, 4.69) is 38.2 Å². The summed E-state index contributed by atoms with van der Waals surface area (Å²) in [5.74, 6) is 0. The minimum Gasteiger partial charge on any atom is -0.665 e. The zero-order chi connectivity index (χ0) is 11.4. The molecule has 4 heteroatoms. The molecule has 0 aliphatic heterocycles. The Balaban J connectivity index is 0.000000288. The van der Waals surface area contributed by atoms with E-state index in [-0.39, 0.29) is 0 Å². The SMILES string of the molecule is C[N-]CC[N]=[Ta].C[N-]CCc1ccc[cH-]1. The molecule has 0 atom stereocenters. The van der Waals surface area contributed by atoms with E-state index < -0.39 is 0 Å². The zero-order valence-electron chi connectivity index (χ0n) is 9.43. The summed E-state index contributed by atoms with van der Waals surface area (Å²) in [5, 5.41) is 7.86. The summed E-state index contributed by atoms with van der Waals surface area (Å²) in [6, 6.07) is 8.38. The van der Waals surface area contributed by atoms with E-state index in [1.165, 1.54) is 5.56 Å². The number of hydrogen-bond donors (Lipinski definition) is 0. The molecular weight excluding hydrogens is 355 g/mol. The Kier molecular flexibility index (Phi) is 11.7. The molecule has 0 unspecified atom stereocenters. The molecule has 1 aromatic carbocycles. The van der Waals surface area contributed by atoms with Crippen molar-refractivity contribution in [3.8, 4) is 0 Å². The summed E-state index contributed by atoms with van der Waals surface area (Å²) < 4.78 is 3.94. The maximum Gasteiger partial charge on any atom is -0.0704 e. The van der Waals surface area contributed by atoms with Gasteiger partial charge in [0.25, 0.3) is 0 Å². The van der Waals surface area contributed by atoms with Crippen LogP contribution in [0.5, 0.6) is 0 Å². The molecule has 0 spiro atoms. The van der Waals surface area contributed by atoms with Gasteiger partial charge in [-0.3, -0.25) is 0 Å². The van der Waals surface area contributed by atoms with E-state index in [0.717, 1.165) is 46.9 Å². The van der Waals surface area contributed by atoms with Crippen molar-refractivity contribution in [2.45, 2.75) is 6.42 Å². The average Bonchev–Trinajstić information content (AvgIpc) is 2.77. The van der Waals surface area contributed by atoms with Crippen LogP contribution < -0.4 is 0 Å². The minimum absolute atomic E-state index is 0.899. The molecule has 0 fully saturated rings. The van der Waals surface area contributed by atoms with Crippen molar-refractivity contribution in [2.75, 3.05) is 33.7 Å². The molecule has 0 radical (unpaired) electrons. The molecular formula is C11H18N3Ta-3. The van der Waals surface area contributed by atoms with Crippen molar-refractivity contribution in [2.24, 2.45) is 3.34 Å². The van der Waals surface area contributed by atoms with Crippen LogP contribution in [0, 0.1) is 0 Å². The second-order valence-electron chi connectivity index (χ2n) is 2.99. The van der Waals surface area contributed by atoms with Crippen molar-refractivity contribution < 1.29 is 20.9 Å². The van der Waals surface area contributed by atoms with Gasteiger partial charge in [-0.2, -0.15) is 24.7 Å². The van der Waals surface area contributed by atoms with Gasteiger partial charge in [-0.05, 0) is 0 Å². The van der Waals surface area contributed by atoms with Gasteiger partial charge in [-0.25, -0.2) is 12.1 Å². The molecule has 0 saturated heterocycles. The summed E-state index contributed by atoms with van der Waals surface area (Å²) >= 11 is 1.13. The van der Waals surface area contributed by atoms with Gasteiger partial charge in [0.15, 0.2) is 0 Å². The van der Waals surface area contributed by atoms with E-state index in [1.807, 2.05) is 14.1 Å². The van der Waals surface area contributed by atoms with Gasteiger partial charge in [0.2, 0.25) is 0 Å². The molecule has 0 bridgehead atoms. The van der Waals surface area contributed by atoms with E-state index in [4.69, 9.17) is 0 Å². The number of likely N-dealkylation sites (N-methyl/N-ethyl adjacent to an activating group) is 2. The third-order valence-corrected chi connectivity index (χ3v) is 2.50. The van der Waals surface area contributed by atoms with Crippen LogP contribution in [0.25, 0.3) is 10.6 Å². The maximum atomic E-state index is 4.01. The van der Waals surface area contributed by atoms with Crippen LogP contribution in [0.1, 0.15) is 5.56 Å². The van der Waals surface area contributed by atoms with Crippen molar-refractivity contribution in [1.29, 1.82) is 0 Å². The third-order valence-electron chi connectivity index (χ3n) is 1.78. The molecule has 0 aliphatic rings. The molecule has 0 aromatic heterocycles. The van der Waals surface area contributed by atoms with Gasteiger partial charge in [0.05, 0.1) is 0 Å². The van der Waals surface area contributed by atoms with Gasteiger partial charge >= 0.3 is 49.7 Å². The fourth-order valence-electron chi connectivity index (χ4n) is 0.966. The summed E-state index contributed by atoms with van der Waals surface area (Å²) in [5.41, 5.74) is 1.39. The van der Waals surface area contributed by atoms with E-state index in [9.17, 15) is 0 Å². The standard InChI is InChI=1S/C8H11N.C3H7N2.Ta/c1-9-7-6-8-4-2-3-5-8;1-5-3-2-4;/h2-5H,6-7H2,1H3;2-3H2,1H3;/q-2;-1;. The molecule has 0 amide bonds. The molecule has 0 N–H and O–H groups in total. The first-order valence-electron chi connectivity index (χ1n) is 4.97. The minimum atomic E-state index is 0.899. The van der Waals surface area contributed by atoms with E-state index in [1.54, 1.807) is 0 Å². The summed E-state index contributed by atoms with van der Waals surface area (Å²) in [6.45, 7) is 2.77. The smallest absolute Gasteiger partial charge is 0.0704 e. The van der Waals surface area contributed by atoms with Crippen LogP contribution in [0.3, 0.4) is 0 Å². The zero-order valence-corrected chi connectivity index (χ0v) is 12.6. The van der Waals surface area contributed by atoms with Crippen LogP contribution >= 0.6 is 0 Å². The molecule has 3 nitrogen and oxygen atoms in total. The number of nitrogens with zero attached hydrogens (tertiary/aromatic N) is 3. The van der Waals surface area contributed by atoms with Crippen molar-refractivity contribution in [1.82, 2.24) is 0 Å². The number of hydrogen-bond acceptors (Lipinski definition) is 1. The maximum absolute atomic E-state index is 4.01. The molecule has 85 valence electrons. The fraction of sp³-hybridized carbons (Fsp3) is 0.545. The predicted molar refractivity (Wildman–Crippen MR) is 61.3 cm³/mol. The van der Waals surface area contributed by atoms with Crippen LogP contribution in [0.4, 0.5) is 0 Å². The van der Waals surface area contributed by atoms with Crippen molar-refractivity contribution in [3.63, 3.8) is 0 Å². The Morgan fingerprint density at radius 1 is 1.33 bits per heavy atom. The Labute approximate surface area is 105 Å². The predicted octanol–water partition coefficient (Wildman–Crippen LogP) is 2.67. The van der Waals surface area contributed by atoms with Crippen molar-refractivity contribution in [3.05, 3.63) is 40.5 Å². The second-order valence-corrected chi connectivity index (χ2v) is 4.00. The quantitative estimate of drug-likeness (QED) is 0.544. The Morgan fingerprint density at radius 2 is 2.07 bits per heavy atom. The van der Waals surface area contributed by atoms with Gasteiger partial charge in [-0.1, -0.05) is 6.42 Å². The first-order valence-corrected chi connectivity index (χ1v) is 6.41. The second kappa shape index (κ2) is 11.9. The summed E-state index contributed by atoms with van der Waals surface area (Å²) in [7, 11) is 3.66. The fourth-order valence-corrected chi connectivity index (χ4v) is 1.29. The van der Waals surface area contributed by atoms with Crippen LogP contribution in [-0.4, -0.2) is 33.7 Å². The molecule has 1 rings (SSSR count). The first-order chi connectivity index (χ1) is 7.35. The van der Waals surface area contributed by atoms with Crippen LogP contribution in [0.15, 0.2) is 27.6 Å². The average molecular weight is 373 g/mol. The van der Waals surface area contributed by atoms with Gasteiger partial charge in [0.1, 0.15) is 0 Å².